The van der Waals surface area contributed by atoms with Crippen molar-refractivity contribution in [2.75, 3.05) is 5.32 Å². The van der Waals surface area contributed by atoms with Crippen molar-refractivity contribution in [3.05, 3.63) is 58.1 Å². The summed E-state index contributed by atoms with van der Waals surface area (Å²) in [4.78, 5) is 23.5. The SMILES string of the molecule is C[C@H](Oc1ccccc1C(N)=O)C(=O)Nc1ccc(Cl)cc1Cl. The molecule has 0 bridgehead atoms. The molecule has 0 aromatic heterocycles. The molecule has 0 aliphatic heterocycles. The van der Waals surface area contributed by atoms with E-state index in [9.17, 15) is 9.59 Å². The molecule has 0 spiro atoms. The number of benzene rings is 2. The monoisotopic (exact) mass is 352 g/mol. The number of carbonyl (C=O) groups is 2. The second-order valence-corrected chi connectivity index (χ2v) is 5.58. The molecule has 0 unspecified atom stereocenters. The largest absolute Gasteiger partial charge is 0.480 e. The lowest BCUT2D eigenvalue weighted by molar-refractivity contribution is -0.122. The van der Waals surface area contributed by atoms with Gasteiger partial charge in [-0.3, -0.25) is 9.59 Å². The van der Waals surface area contributed by atoms with Crippen LogP contribution >= 0.6 is 23.2 Å². The van der Waals surface area contributed by atoms with Crippen molar-refractivity contribution >= 4 is 40.7 Å². The van der Waals surface area contributed by atoms with Crippen LogP contribution in [0.4, 0.5) is 5.69 Å². The van der Waals surface area contributed by atoms with Crippen LogP contribution in [0, 0.1) is 0 Å². The fraction of sp³-hybridized carbons (Fsp3) is 0.125. The van der Waals surface area contributed by atoms with Crippen LogP contribution in [-0.4, -0.2) is 17.9 Å². The summed E-state index contributed by atoms with van der Waals surface area (Å²) >= 11 is 11.8. The molecule has 2 rings (SSSR count). The Bertz CT molecular complexity index is 750. The molecular formula is C16H14Cl2N2O3. The number of carbonyl (C=O) groups excluding carboxylic acids is 2. The highest BCUT2D eigenvalue weighted by molar-refractivity contribution is 6.36. The second-order valence-electron chi connectivity index (χ2n) is 4.73. The summed E-state index contributed by atoms with van der Waals surface area (Å²) in [6, 6.07) is 11.2. The van der Waals surface area contributed by atoms with Crippen molar-refractivity contribution in [1.82, 2.24) is 0 Å². The first-order valence-corrected chi connectivity index (χ1v) is 7.45. The number of hydrogen-bond acceptors (Lipinski definition) is 3. The van der Waals surface area contributed by atoms with E-state index in [1.54, 1.807) is 37.3 Å². The molecule has 2 aromatic carbocycles. The molecule has 0 radical (unpaired) electrons. The average molecular weight is 353 g/mol. The lowest BCUT2D eigenvalue weighted by Gasteiger charge is -2.16. The van der Waals surface area contributed by atoms with Crippen LogP contribution < -0.4 is 15.8 Å². The smallest absolute Gasteiger partial charge is 0.265 e. The van der Waals surface area contributed by atoms with Gasteiger partial charge in [0.25, 0.3) is 11.8 Å². The van der Waals surface area contributed by atoms with Gasteiger partial charge >= 0.3 is 0 Å². The first kappa shape index (κ1) is 17.1. The summed E-state index contributed by atoms with van der Waals surface area (Å²) in [6.45, 7) is 1.55. The minimum absolute atomic E-state index is 0.205. The van der Waals surface area contributed by atoms with Gasteiger partial charge in [0.1, 0.15) is 5.75 Å². The topological polar surface area (TPSA) is 81.4 Å². The molecule has 2 amide bonds. The highest BCUT2D eigenvalue weighted by atomic mass is 35.5. The van der Waals surface area contributed by atoms with Crippen LogP contribution in [0.1, 0.15) is 17.3 Å². The number of nitrogens with two attached hydrogens (primary N) is 1. The van der Waals surface area contributed by atoms with Gasteiger partial charge in [-0.1, -0.05) is 35.3 Å². The van der Waals surface area contributed by atoms with Gasteiger partial charge in [-0.15, -0.1) is 0 Å². The third-order valence-corrected chi connectivity index (χ3v) is 3.56. The highest BCUT2D eigenvalue weighted by Gasteiger charge is 2.18. The van der Waals surface area contributed by atoms with E-state index in [4.69, 9.17) is 33.7 Å². The van der Waals surface area contributed by atoms with Crippen LogP contribution in [0.3, 0.4) is 0 Å². The standard InChI is InChI=1S/C16H14Cl2N2O3/c1-9(23-14-5-3-2-4-11(14)15(19)21)16(22)20-13-7-6-10(17)8-12(13)18/h2-9H,1H3,(H2,19,21)(H,20,22)/t9-/m0/s1. The molecule has 0 saturated heterocycles. The molecule has 2 aromatic rings. The van der Waals surface area contributed by atoms with E-state index in [1.807, 2.05) is 0 Å². The van der Waals surface area contributed by atoms with E-state index in [0.29, 0.717) is 15.7 Å². The molecule has 0 aliphatic carbocycles. The molecule has 3 N–H and O–H groups in total. The van der Waals surface area contributed by atoms with Crippen molar-refractivity contribution in [2.45, 2.75) is 13.0 Å². The Hall–Kier alpha value is -2.24. The first-order chi connectivity index (χ1) is 10.9. The molecule has 0 heterocycles. The Labute approximate surface area is 143 Å². The summed E-state index contributed by atoms with van der Waals surface area (Å²) in [5.74, 6) is -0.813. The van der Waals surface area contributed by atoms with Gasteiger partial charge in [0.2, 0.25) is 0 Å². The number of ether oxygens (including phenoxy) is 1. The number of nitrogens with one attached hydrogen (secondary N) is 1. The van der Waals surface area contributed by atoms with E-state index in [-0.39, 0.29) is 11.3 Å². The number of primary amides is 1. The molecule has 0 saturated carbocycles. The maximum atomic E-state index is 12.2. The number of anilines is 1. The van der Waals surface area contributed by atoms with E-state index in [0.717, 1.165) is 0 Å². The van der Waals surface area contributed by atoms with Gasteiger partial charge in [0, 0.05) is 5.02 Å². The van der Waals surface area contributed by atoms with E-state index in [2.05, 4.69) is 5.32 Å². The first-order valence-electron chi connectivity index (χ1n) is 6.70. The van der Waals surface area contributed by atoms with Crippen LogP contribution in [0.15, 0.2) is 42.5 Å². The van der Waals surface area contributed by atoms with Crippen molar-refractivity contribution in [3.63, 3.8) is 0 Å². The molecule has 0 aliphatic rings. The molecule has 1 atom stereocenters. The Kier molecular flexibility index (Phi) is 5.47. The van der Waals surface area contributed by atoms with Crippen molar-refractivity contribution in [1.29, 1.82) is 0 Å². The number of rotatable bonds is 5. The summed E-state index contributed by atoms with van der Waals surface area (Å²) in [6.07, 6.45) is -0.859. The predicted molar refractivity (Wildman–Crippen MR) is 90.1 cm³/mol. The minimum atomic E-state index is -0.859. The Morgan fingerprint density at radius 3 is 2.52 bits per heavy atom. The summed E-state index contributed by atoms with van der Waals surface area (Å²) in [5, 5.41) is 3.42. The molecule has 0 fully saturated rings. The maximum Gasteiger partial charge on any atom is 0.265 e. The summed E-state index contributed by atoms with van der Waals surface area (Å²) < 4.78 is 5.52. The molecule has 23 heavy (non-hydrogen) atoms. The Morgan fingerprint density at radius 2 is 1.87 bits per heavy atom. The lowest BCUT2D eigenvalue weighted by Crippen LogP contribution is -2.31. The van der Waals surface area contributed by atoms with E-state index in [1.165, 1.54) is 12.1 Å². The lowest BCUT2D eigenvalue weighted by atomic mass is 10.2. The quantitative estimate of drug-likeness (QED) is 0.863. The third-order valence-electron chi connectivity index (χ3n) is 3.01. The van der Waals surface area contributed by atoms with Gasteiger partial charge in [-0.2, -0.15) is 0 Å². The minimum Gasteiger partial charge on any atom is -0.480 e. The fourth-order valence-corrected chi connectivity index (χ4v) is 2.30. The van der Waals surface area contributed by atoms with Crippen molar-refractivity contribution in [2.24, 2.45) is 5.73 Å². The van der Waals surface area contributed by atoms with Gasteiger partial charge in [0.15, 0.2) is 6.10 Å². The highest BCUT2D eigenvalue weighted by Crippen LogP contribution is 2.26. The number of para-hydroxylation sites is 1. The molecule has 5 nitrogen and oxygen atoms in total. The van der Waals surface area contributed by atoms with Gasteiger partial charge < -0.3 is 15.8 Å². The molecule has 120 valence electrons. The van der Waals surface area contributed by atoms with Gasteiger partial charge in [0.05, 0.1) is 16.3 Å². The van der Waals surface area contributed by atoms with Gasteiger partial charge in [-0.05, 0) is 37.3 Å². The maximum absolute atomic E-state index is 12.2. The summed E-state index contributed by atoms with van der Waals surface area (Å²) in [7, 11) is 0. The number of hydrogen-bond donors (Lipinski definition) is 2. The van der Waals surface area contributed by atoms with E-state index >= 15 is 0 Å². The average Bonchev–Trinajstić information content (AvgIpc) is 2.50. The van der Waals surface area contributed by atoms with Crippen LogP contribution in [0.25, 0.3) is 0 Å². The van der Waals surface area contributed by atoms with Crippen molar-refractivity contribution < 1.29 is 14.3 Å². The Balaban J connectivity index is 2.10. The van der Waals surface area contributed by atoms with Gasteiger partial charge in [-0.25, -0.2) is 0 Å². The predicted octanol–water partition coefficient (Wildman–Crippen LogP) is 3.50. The second kappa shape index (κ2) is 7.35. The van der Waals surface area contributed by atoms with Crippen LogP contribution in [0.2, 0.25) is 10.0 Å². The van der Waals surface area contributed by atoms with Crippen molar-refractivity contribution in [3.8, 4) is 5.75 Å². The number of halogens is 2. The van der Waals surface area contributed by atoms with Crippen LogP contribution in [-0.2, 0) is 4.79 Å². The fourth-order valence-electron chi connectivity index (χ4n) is 1.84. The zero-order valence-electron chi connectivity index (χ0n) is 12.2. The third kappa shape index (κ3) is 4.37. The molecule has 7 heteroatoms. The number of amides is 2. The zero-order chi connectivity index (χ0) is 17.0. The zero-order valence-corrected chi connectivity index (χ0v) is 13.7. The Morgan fingerprint density at radius 1 is 1.17 bits per heavy atom. The van der Waals surface area contributed by atoms with E-state index < -0.39 is 17.9 Å². The summed E-state index contributed by atoms with van der Waals surface area (Å²) in [5.41, 5.74) is 5.90. The normalized spacial score (nSPS) is 11.6. The molecular weight excluding hydrogens is 339 g/mol. The van der Waals surface area contributed by atoms with Crippen LogP contribution in [0.5, 0.6) is 5.75 Å².